The van der Waals surface area contributed by atoms with Gasteiger partial charge in [-0.25, -0.2) is 4.68 Å². The number of nitrogens with zero attached hydrogens (tertiary/aromatic N) is 4. The molecule has 0 fully saturated rings. The molecule has 0 unspecified atom stereocenters. The Balaban J connectivity index is 1.99. The van der Waals surface area contributed by atoms with E-state index >= 15 is 0 Å². The van der Waals surface area contributed by atoms with Crippen LogP contribution >= 0.6 is 23.4 Å². The third-order valence-corrected chi connectivity index (χ3v) is 4.07. The zero-order chi connectivity index (χ0) is 17.0. The molecule has 0 radical (unpaired) electrons. The summed E-state index contributed by atoms with van der Waals surface area (Å²) < 4.78 is 30.0. The number of aryl methyl sites for hydroxylation is 1. The van der Waals surface area contributed by atoms with Gasteiger partial charge in [-0.05, 0) is 35.5 Å². The number of carbonyl (C=O) groups excluding carboxylic acids is 1. The van der Waals surface area contributed by atoms with Crippen LogP contribution in [0.25, 0.3) is 0 Å². The van der Waals surface area contributed by atoms with E-state index in [1.54, 1.807) is 14.0 Å². The van der Waals surface area contributed by atoms with Gasteiger partial charge in [-0.3, -0.25) is 4.79 Å². The summed E-state index contributed by atoms with van der Waals surface area (Å²) in [6.45, 7) is -1.28. The quantitative estimate of drug-likeness (QED) is 0.794. The van der Waals surface area contributed by atoms with Gasteiger partial charge in [0.25, 0.3) is 0 Å². The molecule has 1 aromatic carbocycles. The number of hydrogen-bond acceptors (Lipinski definition) is 6. The first-order valence-electron chi connectivity index (χ1n) is 6.31. The molecule has 0 spiro atoms. The number of nitrogens with one attached hydrogen (secondary N) is 1. The maximum atomic E-state index is 12.2. The van der Waals surface area contributed by atoms with Gasteiger partial charge in [-0.15, -0.1) is 5.10 Å². The largest absolute Gasteiger partial charge is 0.433 e. The molecule has 1 aromatic heterocycles. The summed E-state index contributed by atoms with van der Waals surface area (Å²) in [6.07, 6.45) is 0. The normalized spacial score (nSPS) is 12.3. The van der Waals surface area contributed by atoms with Gasteiger partial charge in [-0.2, -0.15) is 8.78 Å². The standard InChI is InChI=1S/C12H12ClF2N5O2S/c1-6(23-12-17-18-19-20(12)2)10(21)16-7-3-4-9(8(13)5-7)22-11(14)15/h3-6,11H,1-2H3,(H,16,21)/t6-/m0/s1. The van der Waals surface area contributed by atoms with Crippen molar-refractivity contribution in [1.29, 1.82) is 0 Å². The van der Waals surface area contributed by atoms with E-state index in [0.29, 0.717) is 10.8 Å². The smallest absolute Gasteiger partial charge is 0.387 e. The lowest BCUT2D eigenvalue weighted by molar-refractivity contribution is -0.115. The molecule has 1 atom stereocenters. The molecular weight excluding hydrogens is 352 g/mol. The minimum absolute atomic E-state index is 0.0269. The second-order valence-corrected chi connectivity index (χ2v) is 6.07. The van der Waals surface area contributed by atoms with E-state index in [1.807, 2.05) is 0 Å². The number of carbonyl (C=O) groups is 1. The van der Waals surface area contributed by atoms with Gasteiger partial charge in [0, 0.05) is 12.7 Å². The lowest BCUT2D eigenvalue weighted by Crippen LogP contribution is -2.22. The Morgan fingerprint density at radius 2 is 2.22 bits per heavy atom. The predicted molar refractivity (Wildman–Crippen MR) is 80.8 cm³/mol. The lowest BCUT2D eigenvalue weighted by Gasteiger charge is -2.12. The van der Waals surface area contributed by atoms with Crippen molar-refractivity contribution in [3.8, 4) is 5.75 Å². The third kappa shape index (κ3) is 4.76. The zero-order valence-electron chi connectivity index (χ0n) is 12.0. The van der Waals surface area contributed by atoms with Crippen LogP contribution in [0, 0.1) is 0 Å². The Kier molecular flexibility index (Phi) is 5.72. The topological polar surface area (TPSA) is 81.9 Å². The van der Waals surface area contributed by atoms with E-state index in [4.69, 9.17) is 11.6 Å². The van der Waals surface area contributed by atoms with Crippen molar-refractivity contribution in [2.45, 2.75) is 23.9 Å². The van der Waals surface area contributed by atoms with Gasteiger partial charge in [-0.1, -0.05) is 23.4 Å². The number of hydrogen-bond donors (Lipinski definition) is 1. The predicted octanol–water partition coefficient (Wildman–Crippen LogP) is 2.58. The minimum atomic E-state index is -2.97. The molecule has 1 heterocycles. The van der Waals surface area contributed by atoms with Gasteiger partial charge >= 0.3 is 6.61 Å². The summed E-state index contributed by atoms with van der Waals surface area (Å²) in [4.78, 5) is 12.1. The molecule has 11 heteroatoms. The minimum Gasteiger partial charge on any atom is -0.433 e. The molecule has 23 heavy (non-hydrogen) atoms. The average Bonchev–Trinajstić information content (AvgIpc) is 2.87. The average molecular weight is 364 g/mol. The number of anilines is 1. The van der Waals surface area contributed by atoms with E-state index < -0.39 is 11.9 Å². The van der Waals surface area contributed by atoms with Crippen molar-refractivity contribution in [1.82, 2.24) is 20.2 Å². The first kappa shape index (κ1) is 17.4. The monoisotopic (exact) mass is 363 g/mol. The maximum Gasteiger partial charge on any atom is 0.387 e. The molecule has 0 saturated heterocycles. The molecular formula is C12H12ClF2N5O2S. The van der Waals surface area contributed by atoms with Gasteiger partial charge in [0.05, 0.1) is 10.3 Å². The highest BCUT2D eigenvalue weighted by atomic mass is 35.5. The number of ether oxygens (including phenoxy) is 1. The number of aromatic nitrogens is 4. The van der Waals surface area contributed by atoms with Crippen molar-refractivity contribution in [3.05, 3.63) is 23.2 Å². The van der Waals surface area contributed by atoms with Gasteiger partial charge in [0.2, 0.25) is 11.1 Å². The van der Waals surface area contributed by atoms with E-state index in [1.165, 1.54) is 34.6 Å². The van der Waals surface area contributed by atoms with Crippen LogP contribution in [0.5, 0.6) is 5.75 Å². The number of halogens is 3. The number of rotatable bonds is 6. The molecule has 0 aliphatic carbocycles. The fourth-order valence-corrected chi connectivity index (χ4v) is 2.53. The molecule has 0 saturated carbocycles. The van der Waals surface area contributed by atoms with Crippen molar-refractivity contribution in [2.24, 2.45) is 7.05 Å². The number of tetrazole rings is 1. The molecule has 2 aromatic rings. The van der Waals surface area contributed by atoms with Crippen LogP contribution in [0.1, 0.15) is 6.92 Å². The summed E-state index contributed by atoms with van der Waals surface area (Å²) in [5.74, 6) is -0.469. The first-order valence-corrected chi connectivity index (χ1v) is 7.57. The molecule has 2 rings (SSSR count). The van der Waals surface area contributed by atoms with Crippen molar-refractivity contribution >= 4 is 35.0 Å². The van der Waals surface area contributed by atoms with Crippen LogP contribution in [0.3, 0.4) is 0 Å². The number of thioether (sulfide) groups is 1. The summed E-state index contributed by atoms with van der Waals surface area (Å²) >= 11 is 7.01. The Morgan fingerprint density at radius 1 is 1.48 bits per heavy atom. The van der Waals surface area contributed by atoms with Gasteiger partial charge in [0.1, 0.15) is 5.75 Å². The van der Waals surface area contributed by atoms with Crippen LogP contribution in [0.15, 0.2) is 23.4 Å². The van der Waals surface area contributed by atoms with Crippen LogP contribution in [-0.4, -0.2) is 38.0 Å². The maximum absolute atomic E-state index is 12.2. The van der Waals surface area contributed by atoms with E-state index in [2.05, 4.69) is 25.6 Å². The molecule has 1 N–H and O–H groups in total. The Labute approximate surface area is 139 Å². The molecule has 0 aliphatic rings. The zero-order valence-corrected chi connectivity index (χ0v) is 13.6. The van der Waals surface area contributed by atoms with Gasteiger partial charge < -0.3 is 10.1 Å². The van der Waals surface area contributed by atoms with Crippen LogP contribution in [0.4, 0.5) is 14.5 Å². The Bertz CT molecular complexity index is 700. The highest BCUT2D eigenvalue weighted by Gasteiger charge is 2.18. The summed E-state index contributed by atoms with van der Waals surface area (Å²) in [7, 11) is 1.66. The number of amides is 1. The van der Waals surface area contributed by atoms with Crippen LogP contribution in [0.2, 0.25) is 5.02 Å². The van der Waals surface area contributed by atoms with Crippen molar-refractivity contribution in [3.63, 3.8) is 0 Å². The third-order valence-electron chi connectivity index (χ3n) is 2.65. The van der Waals surface area contributed by atoms with Crippen LogP contribution < -0.4 is 10.1 Å². The highest BCUT2D eigenvalue weighted by molar-refractivity contribution is 8.00. The van der Waals surface area contributed by atoms with Crippen LogP contribution in [-0.2, 0) is 11.8 Å². The second kappa shape index (κ2) is 7.55. The summed E-state index contributed by atoms with van der Waals surface area (Å²) in [5, 5.41) is 13.5. The molecule has 0 aliphatic heterocycles. The van der Waals surface area contributed by atoms with E-state index in [-0.39, 0.29) is 16.7 Å². The number of benzene rings is 1. The Morgan fingerprint density at radius 3 is 2.78 bits per heavy atom. The summed E-state index contributed by atoms with van der Waals surface area (Å²) in [5.41, 5.74) is 0.366. The summed E-state index contributed by atoms with van der Waals surface area (Å²) in [6, 6.07) is 4.01. The Hall–Kier alpha value is -1.94. The number of alkyl halides is 2. The van der Waals surface area contributed by atoms with Gasteiger partial charge in [0.15, 0.2) is 0 Å². The first-order chi connectivity index (χ1) is 10.9. The molecule has 7 nitrogen and oxygen atoms in total. The highest BCUT2D eigenvalue weighted by Crippen LogP contribution is 2.29. The fraction of sp³-hybridized carbons (Fsp3) is 0.333. The second-order valence-electron chi connectivity index (χ2n) is 4.36. The van der Waals surface area contributed by atoms with Crippen molar-refractivity contribution < 1.29 is 18.3 Å². The van der Waals surface area contributed by atoms with E-state index in [0.717, 1.165) is 0 Å². The fourth-order valence-electron chi connectivity index (χ4n) is 1.55. The molecule has 0 bridgehead atoms. The van der Waals surface area contributed by atoms with Crippen molar-refractivity contribution in [2.75, 3.05) is 5.32 Å². The SMILES string of the molecule is C[C@H](Sc1nnnn1C)C(=O)Nc1ccc(OC(F)F)c(Cl)c1. The van der Waals surface area contributed by atoms with E-state index in [9.17, 15) is 13.6 Å². The molecule has 1 amide bonds. The molecule has 124 valence electrons. The lowest BCUT2D eigenvalue weighted by atomic mass is 10.3.